The van der Waals surface area contributed by atoms with Crippen LogP contribution in [0.1, 0.15) is 32.9 Å². The number of esters is 1. The van der Waals surface area contributed by atoms with E-state index in [2.05, 4.69) is 10.6 Å². The van der Waals surface area contributed by atoms with Crippen LogP contribution in [-0.4, -0.2) is 31.4 Å². The molecule has 0 aliphatic heterocycles. The normalized spacial score (nSPS) is 10.2. The van der Waals surface area contributed by atoms with Crippen molar-refractivity contribution in [3.63, 3.8) is 0 Å². The van der Waals surface area contributed by atoms with Gasteiger partial charge in [-0.3, -0.25) is 14.4 Å². The molecule has 160 valence electrons. The fourth-order valence-electron chi connectivity index (χ4n) is 2.75. The van der Waals surface area contributed by atoms with Gasteiger partial charge in [0, 0.05) is 18.7 Å². The lowest BCUT2D eigenvalue weighted by molar-refractivity contribution is -0.134. The van der Waals surface area contributed by atoms with E-state index in [1.807, 2.05) is 11.4 Å². The van der Waals surface area contributed by atoms with Crippen molar-refractivity contribution in [3.05, 3.63) is 76.5 Å². The van der Waals surface area contributed by atoms with E-state index in [4.69, 9.17) is 9.47 Å². The Bertz CT molecular complexity index is 1030. The Kier molecular flexibility index (Phi) is 7.78. The highest BCUT2D eigenvalue weighted by Gasteiger charge is 2.12. The smallest absolute Gasteiger partial charge is 0.311 e. The van der Waals surface area contributed by atoms with Crippen molar-refractivity contribution in [2.75, 3.05) is 19.0 Å². The van der Waals surface area contributed by atoms with E-state index in [1.165, 1.54) is 18.4 Å². The van der Waals surface area contributed by atoms with E-state index < -0.39 is 5.97 Å². The number of nitrogens with one attached hydrogen (secondary N) is 2. The lowest BCUT2D eigenvalue weighted by Crippen LogP contribution is -2.24. The topological polar surface area (TPSA) is 93.7 Å². The van der Waals surface area contributed by atoms with Crippen molar-refractivity contribution in [3.8, 4) is 11.5 Å². The first-order chi connectivity index (χ1) is 15.1. The molecule has 1 aromatic heterocycles. The highest BCUT2D eigenvalue weighted by molar-refractivity contribution is 7.12. The first-order valence-electron chi connectivity index (χ1n) is 9.63. The average Bonchev–Trinajstić information content (AvgIpc) is 3.33. The van der Waals surface area contributed by atoms with E-state index in [1.54, 1.807) is 54.6 Å². The molecule has 0 saturated heterocycles. The van der Waals surface area contributed by atoms with E-state index in [-0.39, 0.29) is 18.2 Å². The fourth-order valence-corrected chi connectivity index (χ4v) is 3.39. The minimum atomic E-state index is -0.392. The Morgan fingerprint density at radius 2 is 1.71 bits per heavy atom. The van der Waals surface area contributed by atoms with E-state index in [0.717, 1.165) is 0 Å². The molecule has 8 heteroatoms. The van der Waals surface area contributed by atoms with Gasteiger partial charge in [-0.05, 0) is 54.3 Å². The van der Waals surface area contributed by atoms with Gasteiger partial charge in [-0.25, -0.2) is 0 Å². The zero-order valence-electron chi connectivity index (χ0n) is 16.9. The van der Waals surface area contributed by atoms with Gasteiger partial charge >= 0.3 is 5.97 Å². The summed E-state index contributed by atoms with van der Waals surface area (Å²) in [5.74, 6) is 0.0251. The van der Waals surface area contributed by atoms with Gasteiger partial charge in [0.15, 0.2) is 0 Å². The third-order valence-corrected chi connectivity index (χ3v) is 5.15. The van der Waals surface area contributed by atoms with E-state index >= 15 is 0 Å². The predicted octanol–water partition coefficient (Wildman–Crippen LogP) is 4.12. The molecule has 0 saturated carbocycles. The predicted molar refractivity (Wildman–Crippen MR) is 119 cm³/mol. The van der Waals surface area contributed by atoms with Gasteiger partial charge in [-0.1, -0.05) is 18.2 Å². The van der Waals surface area contributed by atoms with Gasteiger partial charge in [-0.2, -0.15) is 0 Å². The van der Waals surface area contributed by atoms with Gasteiger partial charge in [0.25, 0.3) is 11.8 Å². The van der Waals surface area contributed by atoms with Crippen LogP contribution in [0.25, 0.3) is 0 Å². The molecule has 2 aromatic carbocycles. The molecule has 7 nitrogen and oxygen atoms in total. The van der Waals surface area contributed by atoms with Crippen LogP contribution in [0.5, 0.6) is 11.5 Å². The minimum absolute atomic E-state index is 0.144. The summed E-state index contributed by atoms with van der Waals surface area (Å²) in [5.41, 5.74) is 0.985. The summed E-state index contributed by atoms with van der Waals surface area (Å²) in [6.07, 6.45) is 0.653. The van der Waals surface area contributed by atoms with Crippen LogP contribution >= 0.6 is 11.3 Å². The molecule has 3 rings (SSSR count). The molecule has 0 atom stereocenters. The second-order valence-corrected chi connectivity index (χ2v) is 7.44. The Morgan fingerprint density at radius 1 is 0.935 bits per heavy atom. The van der Waals surface area contributed by atoms with E-state index in [0.29, 0.717) is 40.6 Å². The summed E-state index contributed by atoms with van der Waals surface area (Å²) >= 11 is 1.37. The van der Waals surface area contributed by atoms with Gasteiger partial charge < -0.3 is 20.1 Å². The quantitative estimate of drug-likeness (QED) is 0.298. The number of methoxy groups -OCH3 is 1. The standard InChI is InChI=1S/C23H22N2O5S/c1-29-19-7-3-2-6-18(19)22(27)25-16-10-12-17(13-11-16)30-21(26)9-4-14-24-23(28)20-8-5-15-31-20/h2-3,5-8,10-13,15H,4,9,14H2,1H3,(H,24,28)(H,25,27). The fraction of sp³-hybridized carbons (Fsp3) is 0.174. The molecule has 2 N–H and O–H groups in total. The Hall–Kier alpha value is -3.65. The van der Waals surface area contributed by atoms with Crippen molar-refractivity contribution in [2.24, 2.45) is 0 Å². The average molecular weight is 439 g/mol. The molecule has 3 aromatic rings. The number of amides is 2. The molecular formula is C23H22N2O5S. The van der Waals surface area contributed by atoms with Gasteiger partial charge in [-0.15, -0.1) is 11.3 Å². The molecule has 0 bridgehead atoms. The summed E-state index contributed by atoms with van der Waals surface area (Å²) in [6.45, 7) is 0.389. The Labute approximate surface area is 184 Å². The van der Waals surface area contributed by atoms with Crippen LogP contribution in [0, 0.1) is 0 Å². The maximum atomic E-state index is 12.4. The molecule has 0 unspecified atom stereocenters. The third kappa shape index (κ3) is 6.42. The lowest BCUT2D eigenvalue weighted by atomic mass is 10.2. The summed E-state index contributed by atoms with van der Waals surface area (Å²) in [5, 5.41) is 7.38. The SMILES string of the molecule is COc1ccccc1C(=O)Nc1ccc(OC(=O)CCCNC(=O)c2cccs2)cc1. The largest absolute Gasteiger partial charge is 0.496 e. The van der Waals surface area contributed by atoms with Crippen molar-refractivity contribution >= 4 is 34.8 Å². The molecule has 1 heterocycles. The van der Waals surface area contributed by atoms with Crippen molar-refractivity contribution < 1.29 is 23.9 Å². The number of carbonyl (C=O) groups excluding carboxylic acids is 3. The van der Waals surface area contributed by atoms with Gasteiger partial charge in [0.05, 0.1) is 17.6 Å². The molecule has 0 radical (unpaired) electrons. The van der Waals surface area contributed by atoms with E-state index in [9.17, 15) is 14.4 Å². The second kappa shape index (κ2) is 10.9. The molecule has 2 amide bonds. The molecule has 0 aliphatic rings. The number of para-hydroxylation sites is 1. The molecule has 0 fully saturated rings. The van der Waals surface area contributed by atoms with Crippen LogP contribution in [-0.2, 0) is 4.79 Å². The van der Waals surface area contributed by atoms with Crippen LogP contribution < -0.4 is 20.1 Å². The second-order valence-electron chi connectivity index (χ2n) is 6.49. The lowest BCUT2D eigenvalue weighted by Gasteiger charge is -2.10. The molecule has 0 spiro atoms. The van der Waals surface area contributed by atoms with Gasteiger partial charge in [0.2, 0.25) is 0 Å². The molecule has 31 heavy (non-hydrogen) atoms. The highest BCUT2D eigenvalue weighted by atomic mass is 32.1. The minimum Gasteiger partial charge on any atom is -0.496 e. The van der Waals surface area contributed by atoms with Crippen LogP contribution in [0.4, 0.5) is 5.69 Å². The number of hydrogen-bond acceptors (Lipinski definition) is 6. The number of hydrogen-bond donors (Lipinski definition) is 2. The van der Waals surface area contributed by atoms with Gasteiger partial charge in [0.1, 0.15) is 11.5 Å². The van der Waals surface area contributed by atoms with Crippen molar-refractivity contribution in [1.82, 2.24) is 5.32 Å². The number of benzene rings is 2. The summed E-state index contributed by atoms with van der Waals surface area (Å²) in [6, 6.07) is 17.0. The Morgan fingerprint density at radius 3 is 2.42 bits per heavy atom. The maximum Gasteiger partial charge on any atom is 0.311 e. The van der Waals surface area contributed by atoms with Crippen molar-refractivity contribution in [1.29, 1.82) is 0 Å². The zero-order valence-corrected chi connectivity index (χ0v) is 17.7. The highest BCUT2D eigenvalue weighted by Crippen LogP contribution is 2.21. The number of rotatable bonds is 9. The third-order valence-electron chi connectivity index (χ3n) is 4.28. The maximum absolute atomic E-state index is 12.4. The molecular weight excluding hydrogens is 416 g/mol. The molecule has 0 aliphatic carbocycles. The number of anilines is 1. The summed E-state index contributed by atoms with van der Waals surface area (Å²) < 4.78 is 10.5. The monoisotopic (exact) mass is 438 g/mol. The van der Waals surface area contributed by atoms with Crippen molar-refractivity contribution in [2.45, 2.75) is 12.8 Å². The number of ether oxygens (including phenoxy) is 2. The first kappa shape index (κ1) is 22.0. The summed E-state index contributed by atoms with van der Waals surface area (Å²) in [4.78, 5) is 36.9. The Balaban J connectivity index is 1.43. The van der Waals surface area contributed by atoms with Crippen LogP contribution in [0.3, 0.4) is 0 Å². The summed E-state index contributed by atoms with van der Waals surface area (Å²) in [7, 11) is 1.51. The zero-order chi connectivity index (χ0) is 22.1. The van der Waals surface area contributed by atoms with Crippen LogP contribution in [0.15, 0.2) is 66.0 Å². The number of thiophene rings is 1. The number of carbonyl (C=O) groups is 3. The first-order valence-corrected chi connectivity index (χ1v) is 10.5. The van der Waals surface area contributed by atoms with Crippen LogP contribution in [0.2, 0.25) is 0 Å².